The lowest BCUT2D eigenvalue weighted by atomic mass is 9.90. The summed E-state index contributed by atoms with van der Waals surface area (Å²) in [4.78, 5) is 29.1. The minimum absolute atomic E-state index is 0.244. The van der Waals surface area contributed by atoms with Gasteiger partial charge in [-0.3, -0.25) is 9.36 Å². The number of carbonyl (C=O) groups is 2. The van der Waals surface area contributed by atoms with Crippen LogP contribution < -0.4 is 25.8 Å². The van der Waals surface area contributed by atoms with Crippen molar-refractivity contribution in [3.8, 4) is 17.2 Å². The molecule has 9 heteroatoms. The van der Waals surface area contributed by atoms with Gasteiger partial charge in [-0.15, -0.1) is 0 Å². The van der Waals surface area contributed by atoms with Crippen molar-refractivity contribution in [3.63, 3.8) is 0 Å². The average Bonchev–Trinajstić information content (AvgIpc) is 3.24. The van der Waals surface area contributed by atoms with Crippen LogP contribution in [0, 0.1) is 6.92 Å². The van der Waals surface area contributed by atoms with Crippen molar-refractivity contribution in [2.75, 3.05) is 25.0 Å². The third kappa shape index (κ3) is 5.33. The zero-order chi connectivity index (χ0) is 26.6. The predicted molar refractivity (Wildman–Crippen MR) is 146 cm³/mol. The smallest absolute Gasteiger partial charge is 0.323 e. The minimum Gasteiger partial charge on any atom is -0.490 e. The fraction of sp³-hybridized carbons (Fsp3) is 0.276. The van der Waals surface area contributed by atoms with E-state index in [1.165, 1.54) is 10.1 Å². The molecule has 0 unspecified atom stereocenters. The summed E-state index contributed by atoms with van der Waals surface area (Å²) in [7, 11) is 0. The number of anilines is 1. The molecule has 5 rings (SSSR count). The molecule has 2 aromatic heterocycles. The Kier molecular flexibility index (Phi) is 7.28. The van der Waals surface area contributed by atoms with E-state index in [0.717, 1.165) is 31.3 Å². The van der Waals surface area contributed by atoms with E-state index in [0.29, 0.717) is 52.4 Å². The van der Waals surface area contributed by atoms with Crippen LogP contribution in [0.5, 0.6) is 17.2 Å². The SMILES string of the molecule is CCOc1cc2c(cc1Oc1ccnc(NC(=O)c3ccc(C4CCNCC4)cc3)c1)cc(C)n2C(N)=O. The highest BCUT2D eigenvalue weighted by Crippen LogP contribution is 2.37. The van der Waals surface area contributed by atoms with Crippen LogP contribution in [0.3, 0.4) is 0 Å². The number of nitrogens with one attached hydrogen (secondary N) is 2. The van der Waals surface area contributed by atoms with E-state index >= 15 is 0 Å². The van der Waals surface area contributed by atoms with Gasteiger partial charge in [-0.1, -0.05) is 12.1 Å². The van der Waals surface area contributed by atoms with Crippen molar-refractivity contribution in [2.45, 2.75) is 32.6 Å². The van der Waals surface area contributed by atoms with Crippen LogP contribution in [-0.4, -0.2) is 41.2 Å². The quantitative estimate of drug-likeness (QED) is 0.313. The third-order valence-corrected chi connectivity index (χ3v) is 6.76. The fourth-order valence-corrected chi connectivity index (χ4v) is 4.91. The van der Waals surface area contributed by atoms with Gasteiger partial charge in [0, 0.05) is 35.0 Å². The minimum atomic E-state index is -0.566. The number of hydrogen-bond donors (Lipinski definition) is 3. The Morgan fingerprint density at radius 1 is 1.08 bits per heavy atom. The van der Waals surface area contributed by atoms with Crippen molar-refractivity contribution in [2.24, 2.45) is 5.73 Å². The summed E-state index contributed by atoms with van der Waals surface area (Å²) < 4.78 is 13.4. The van der Waals surface area contributed by atoms with Gasteiger partial charge in [-0.05, 0) is 81.6 Å². The lowest BCUT2D eigenvalue weighted by Crippen LogP contribution is -2.26. The molecule has 3 heterocycles. The Morgan fingerprint density at radius 2 is 1.84 bits per heavy atom. The maximum Gasteiger partial charge on any atom is 0.323 e. The Bertz CT molecular complexity index is 1470. The number of fused-ring (bicyclic) bond motifs is 1. The molecule has 196 valence electrons. The molecule has 4 N–H and O–H groups in total. The Morgan fingerprint density at radius 3 is 2.55 bits per heavy atom. The molecule has 38 heavy (non-hydrogen) atoms. The van der Waals surface area contributed by atoms with Gasteiger partial charge in [0.25, 0.3) is 5.91 Å². The van der Waals surface area contributed by atoms with Crippen molar-refractivity contribution in [1.82, 2.24) is 14.9 Å². The van der Waals surface area contributed by atoms with Gasteiger partial charge in [0.05, 0.1) is 12.1 Å². The second-order valence-corrected chi connectivity index (χ2v) is 9.33. The van der Waals surface area contributed by atoms with Gasteiger partial charge in [0.15, 0.2) is 11.5 Å². The Hall–Kier alpha value is -4.37. The summed E-state index contributed by atoms with van der Waals surface area (Å²) in [6.45, 7) is 6.13. The van der Waals surface area contributed by atoms with E-state index in [-0.39, 0.29) is 5.91 Å². The van der Waals surface area contributed by atoms with Gasteiger partial charge >= 0.3 is 6.03 Å². The lowest BCUT2D eigenvalue weighted by molar-refractivity contribution is 0.102. The predicted octanol–water partition coefficient (Wildman–Crippen LogP) is 5.18. The Balaban J connectivity index is 1.33. The van der Waals surface area contributed by atoms with Crippen LogP contribution in [0.25, 0.3) is 10.9 Å². The summed E-state index contributed by atoms with van der Waals surface area (Å²) in [6.07, 6.45) is 3.78. The summed E-state index contributed by atoms with van der Waals surface area (Å²) in [5, 5.41) is 7.02. The van der Waals surface area contributed by atoms with Crippen LogP contribution in [0.1, 0.15) is 47.3 Å². The number of rotatable bonds is 7. The molecule has 0 spiro atoms. The van der Waals surface area contributed by atoms with Gasteiger partial charge < -0.3 is 25.8 Å². The number of hydrogen-bond acceptors (Lipinski definition) is 6. The van der Waals surface area contributed by atoms with Crippen LogP contribution in [0.2, 0.25) is 0 Å². The molecule has 0 radical (unpaired) electrons. The molecule has 0 atom stereocenters. The highest BCUT2D eigenvalue weighted by molar-refractivity contribution is 6.03. The zero-order valence-corrected chi connectivity index (χ0v) is 21.5. The molecular formula is C29H31N5O4. The maximum atomic E-state index is 12.9. The van der Waals surface area contributed by atoms with Gasteiger partial charge in [0.1, 0.15) is 11.6 Å². The van der Waals surface area contributed by atoms with Crippen LogP contribution in [-0.2, 0) is 0 Å². The molecule has 2 aromatic carbocycles. The first kappa shape index (κ1) is 25.3. The summed E-state index contributed by atoms with van der Waals surface area (Å²) in [5.41, 5.74) is 8.74. The largest absolute Gasteiger partial charge is 0.490 e. The number of aryl methyl sites for hydroxylation is 1. The number of benzene rings is 2. The summed E-state index contributed by atoms with van der Waals surface area (Å²) in [5.74, 6) is 2.07. The molecule has 0 aliphatic carbocycles. The molecule has 9 nitrogen and oxygen atoms in total. The van der Waals surface area contributed by atoms with E-state index in [4.69, 9.17) is 15.2 Å². The molecule has 1 fully saturated rings. The molecular weight excluding hydrogens is 482 g/mol. The number of pyridine rings is 1. The second kappa shape index (κ2) is 10.9. The number of nitrogens with zero attached hydrogens (tertiary/aromatic N) is 2. The van der Waals surface area contributed by atoms with Crippen LogP contribution in [0.15, 0.2) is 60.8 Å². The lowest BCUT2D eigenvalue weighted by Gasteiger charge is -2.23. The first-order valence-corrected chi connectivity index (χ1v) is 12.8. The Labute approximate surface area is 220 Å². The average molecular weight is 514 g/mol. The zero-order valence-electron chi connectivity index (χ0n) is 21.5. The maximum absolute atomic E-state index is 12.9. The van der Waals surface area contributed by atoms with Crippen molar-refractivity contribution < 1.29 is 19.1 Å². The topological polar surface area (TPSA) is 120 Å². The highest BCUT2D eigenvalue weighted by atomic mass is 16.5. The van der Waals surface area contributed by atoms with Crippen LogP contribution >= 0.6 is 0 Å². The van der Waals surface area contributed by atoms with Crippen molar-refractivity contribution in [3.05, 3.63) is 77.6 Å². The van der Waals surface area contributed by atoms with E-state index in [9.17, 15) is 9.59 Å². The van der Waals surface area contributed by atoms with E-state index in [1.54, 1.807) is 30.5 Å². The van der Waals surface area contributed by atoms with Crippen LogP contribution in [0.4, 0.5) is 10.6 Å². The molecule has 0 saturated carbocycles. The number of carbonyl (C=O) groups excluding carboxylic acids is 2. The number of amides is 2. The standard InChI is InChI=1S/C29H31N5O4/c1-3-37-25-17-24-22(14-18(2)34(24)29(30)36)15-26(25)38-23-10-13-32-27(16-23)33-28(35)21-6-4-19(5-7-21)20-8-11-31-12-9-20/h4-7,10,13-17,20,31H,3,8-9,11-12H2,1-2H3,(H2,30,36)(H,32,33,35). The summed E-state index contributed by atoms with van der Waals surface area (Å²) >= 11 is 0. The van der Waals surface area contributed by atoms with Gasteiger partial charge in [-0.25, -0.2) is 9.78 Å². The highest BCUT2D eigenvalue weighted by Gasteiger charge is 2.18. The van der Waals surface area contributed by atoms with Gasteiger partial charge in [0.2, 0.25) is 0 Å². The second-order valence-electron chi connectivity index (χ2n) is 9.33. The number of primary amides is 1. The van der Waals surface area contributed by atoms with E-state index in [1.807, 2.05) is 44.2 Å². The van der Waals surface area contributed by atoms with E-state index < -0.39 is 6.03 Å². The number of piperidine rings is 1. The van der Waals surface area contributed by atoms with Gasteiger partial charge in [-0.2, -0.15) is 0 Å². The first-order valence-electron chi connectivity index (χ1n) is 12.8. The number of ether oxygens (including phenoxy) is 2. The molecule has 4 aromatic rings. The van der Waals surface area contributed by atoms with Crippen molar-refractivity contribution >= 4 is 28.7 Å². The molecule has 1 aliphatic heterocycles. The molecule has 2 amide bonds. The normalized spacial score (nSPS) is 13.8. The fourth-order valence-electron chi connectivity index (χ4n) is 4.91. The third-order valence-electron chi connectivity index (χ3n) is 6.76. The monoisotopic (exact) mass is 513 g/mol. The molecule has 1 saturated heterocycles. The molecule has 0 bridgehead atoms. The first-order chi connectivity index (χ1) is 18.4. The van der Waals surface area contributed by atoms with E-state index in [2.05, 4.69) is 15.6 Å². The summed E-state index contributed by atoms with van der Waals surface area (Å²) in [6, 6.07) is 16.0. The van der Waals surface area contributed by atoms with Crippen molar-refractivity contribution in [1.29, 1.82) is 0 Å². The number of aromatic nitrogens is 2. The molecule has 1 aliphatic rings. The number of nitrogens with two attached hydrogens (primary N) is 1.